The van der Waals surface area contributed by atoms with Crippen LogP contribution in [-0.2, 0) is 9.59 Å². The summed E-state index contributed by atoms with van der Waals surface area (Å²) in [6.45, 7) is 3.82. The van der Waals surface area contributed by atoms with E-state index in [0.29, 0.717) is 33.3 Å². The third-order valence-electron chi connectivity index (χ3n) is 4.55. The molecule has 0 atom stereocenters. The number of thioether (sulfide) groups is 1. The van der Waals surface area contributed by atoms with E-state index < -0.39 is 0 Å². The number of phenols is 1. The van der Waals surface area contributed by atoms with E-state index in [1.54, 1.807) is 31.3 Å². The molecule has 2 N–H and O–H groups in total. The molecule has 0 spiro atoms. The highest BCUT2D eigenvalue weighted by Gasteiger charge is 2.31. The molecular formula is C21H19N3O3S3. The topological polar surface area (TPSA) is 93.4 Å². The molecule has 0 saturated carbocycles. The van der Waals surface area contributed by atoms with Crippen LogP contribution in [0.3, 0.4) is 0 Å². The highest BCUT2D eigenvalue weighted by Crippen LogP contribution is 2.34. The number of nitrogens with one attached hydrogen (secondary N) is 1. The largest absolute Gasteiger partial charge is 0.504 e. The highest BCUT2D eigenvalue weighted by atomic mass is 32.2. The fourth-order valence-electron chi connectivity index (χ4n) is 3.06. The van der Waals surface area contributed by atoms with Crippen LogP contribution in [0.4, 0.5) is 5.69 Å². The lowest BCUT2D eigenvalue weighted by Gasteiger charge is -2.15. The molecule has 1 aliphatic heterocycles. The van der Waals surface area contributed by atoms with E-state index in [0.717, 1.165) is 4.88 Å². The van der Waals surface area contributed by atoms with Crippen LogP contribution in [0, 0.1) is 25.2 Å². The Balaban J connectivity index is 1.58. The van der Waals surface area contributed by atoms with Gasteiger partial charge in [0, 0.05) is 17.8 Å². The van der Waals surface area contributed by atoms with Gasteiger partial charge in [-0.3, -0.25) is 14.5 Å². The molecule has 1 fully saturated rings. The Labute approximate surface area is 188 Å². The zero-order valence-electron chi connectivity index (χ0n) is 16.4. The van der Waals surface area contributed by atoms with Gasteiger partial charge in [0.1, 0.15) is 10.4 Å². The van der Waals surface area contributed by atoms with Gasteiger partial charge in [-0.2, -0.15) is 5.26 Å². The summed E-state index contributed by atoms with van der Waals surface area (Å²) in [4.78, 5) is 28.0. The average molecular weight is 458 g/mol. The minimum Gasteiger partial charge on any atom is -0.504 e. The van der Waals surface area contributed by atoms with E-state index in [1.165, 1.54) is 16.7 Å². The molecule has 0 bridgehead atoms. The molecule has 3 rings (SSSR count). The van der Waals surface area contributed by atoms with Gasteiger partial charge < -0.3 is 10.4 Å². The molecule has 154 valence electrons. The van der Waals surface area contributed by atoms with E-state index in [4.69, 9.17) is 12.2 Å². The molecule has 2 aromatic rings. The van der Waals surface area contributed by atoms with E-state index in [-0.39, 0.29) is 35.2 Å². The van der Waals surface area contributed by atoms with E-state index >= 15 is 0 Å². The molecule has 1 aliphatic rings. The SMILES string of the molecule is Cc1cc(C)c(NC(=O)CCCN2C(=O)C(=Cc3cccs3)SC2=S)c(O)c1C#N. The number of phenolic OH excluding ortho intramolecular Hbond substituents is 1. The number of aromatic hydroxyl groups is 1. The Hall–Kier alpha value is -2.67. The van der Waals surface area contributed by atoms with Crippen molar-refractivity contribution in [1.82, 2.24) is 4.90 Å². The van der Waals surface area contributed by atoms with Crippen molar-refractivity contribution in [3.63, 3.8) is 0 Å². The molecular weight excluding hydrogens is 438 g/mol. The second kappa shape index (κ2) is 9.43. The summed E-state index contributed by atoms with van der Waals surface area (Å²) in [5, 5.41) is 24.1. The summed E-state index contributed by atoms with van der Waals surface area (Å²) in [6, 6.07) is 7.54. The Morgan fingerprint density at radius 2 is 2.17 bits per heavy atom. The minimum absolute atomic E-state index is 0.144. The highest BCUT2D eigenvalue weighted by molar-refractivity contribution is 8.26. The molecule has 0 unspecified atom stereocenters. The van der Waals surface area contributed by atoms with Gasteiger partial charge in [-0.15, -0.1) is 11.3 Å². The lowest BCUT2D eigenvalue weighted by atomic mass is 10.0. The van der Waals surface area contributed by atoms with Crippen LogP contribution in [0.5, 0.6) is 5.75 Å². The molecule has 1 saturated heterocycles. The Morgan fingerprint density at radius 3 is 2.83 bits per heavy atom. The first-order chi connectivity index (χ1) is 14.3. The zero-order valence-corrected chi connectivity index (χ0v) is 18.8. The predicted octanol–water partition coefficient (Wildman–Crippen LogP) is 4.56. The van der Waals surface area contributed by atoms with Crippen molar-refractivity contribution in [2.45, 2.75) is 26.7 Å². The lowest BCUT2D eigenvalue weighted by Crippen LogP contribution is -2.29. The summed E-state index contributed by atoms with van der Waals surface area (Å²) in [7, 11) is 0. The van der Waals surface area contributed by atoms with Gasteiger partial charge in [0.25, 0.3) is 5.91 Å². The Morgan fingerprint density at radius 1 is 1.40 bits per heavy atom. The molecule has 30 heavy (non-hydrogen) atoms. The first-order valence-corrected chi connectivity index (χ1v) is 11.2. The van der Waals surface area contributed by atoms with Gasteiger partial charge in [0.15, 0.2) is 5.75 Å². The van der Waals surface area contributed by atoms with E-state index in [9.17, 15) is 20.0 Å². The number of hydrogen-bond donors (Lipinski definition) is 2. The average Bonchev–Trinajstić information content (AvgIpc) is 3.29. The number of aryl methyl sites for hydroxylation is 2. The Bertz CT molecular complexity index is 1090. The van der Waals surface area contributed by atoms with Crippen LogP contribution in [0.2, 0.25) is 0 Å². The minimum atomic E-state index is -0.305. The third-order valence-corrected chi connectivity index (χ3v) is 6.74. The smallest absolute Gasteiger partial charge is 0.266 e. The summed E-state index contributed by atoms with van der Waals surface area (Å²) in [5.41, 5.74) is 1.71. The van der Waals surface area contributed by atoms with Crippen molar-refractivity contribution in [2.24, 2.45) is 0 Å². The number of thiocarbonyl (C=S) groups is 1. The zero-order chi connectivity index (χ0) is 21.8. The summed E-state index contributed by atoms with van der Waals surface area (Å²) >= 11 is 8.12. The summed E-state index contributed by atoms with van der Waals surface area (Å²) in [5.74, 6) is -0.677. The van der Waals surface area contributed by atoms with Gasteiger partial charge >= 0.3 is 0 Å². The maximum absolute atomic E-state index is 12.6. The number of anilines is 1. The van der Waals surface area contributed by atoms with Gasteiger partial charge in [0.05, 0.1) is 16.2 Å². The second-order valence-electron chi connectivity index (χ2n) is 6.72. The van der Waals surface area contributed by atoms with E-state index in [2.05, 4.69) is 5.32 Å². The van der Waals surface area contributed by atoms with Crippen molar-refractivity contribution >= 4 is 63.2 Å². The molecule has 0 radical (unpaired) electrons. The van der Waals surface area contributed by atoms with Crippen LogP contribution in [0.15, 0.2) is 28.5 Å². The van der Waals surface area contributed by atoms with Crippen LogP contribution in [0.25, 0.3) is 6.08 Å². The number of amides is 2. The molecule has 2 amide bonds. The van der Waals surface area contributed by atoms with Crippen molar-refractivity contribution < 1.29 is 14.7 Å². The predicted molar refractivity (Wildman–Crippen MR) is 124 cm³/mol. The van der Waals surface area contributed by atoms with Gasteiger partial charge in [-0.25, -0.2) is 0 Å². The molecule has 0 aliphatic carbocycles. The molecule has 2 heterocycles. The van der Waals surface area contributed by atoms with Crippen LogP contribution < -0.4 is 5.32 Å². The Kier molecular flexibility index (Phi) is 6.92. The van der Waals surface area contributed by atoms with Crippen molar-refractivity contribution in [1.29, 1.82) is 5.26 Å². The normalized spacial score (nSPS) is 15.0. The van der Waals surface area contributed by atoms with Crippen LogP contribution in [0.1, 0.15) is 34.4 Å². The van der Waals surface area contributed by atoms with Crippen molar-refractivity contribution in [2.75, 3.05) is 11.9 Å². The first kappa shape index (κ1) is 22.0. The lowest BCUT2D eigenvalue weighted by molar-refractivity contribution is -0.122. The monoisotopic (exact) mass is 457 g/mol. The number of nitrogens with zero attached hydrogens (tertiary/aromatic N) is 2. The molecule has 9 heteroatoms. The van der Waals surface area contributed by atoms with Gasteiger partial charge in [-0.05, 0) is 48.9 Å². The van der Waals surface area contributed by atoms with Gasteiger partial charge in [0.2, 0.25) is 5.91 Å². The number of nitriles is 1. The number of rotatable bonds is 6. The van der Waals surface area contributed by atoms with Crippen molar-refractivity contribution in [3.8, 4) is 11.8 Å². The maximum Gasteiger partial charge on any atom is 0.266 e. The fraction of sp³-hybridized carbons (Fsp3) is 0.238. The maximum atomic E-state index is 12.6. The number of carbonyl (C=O) groups is 2. The summed E-state index contributed by atoms with van der Waals surface area (Å²) < 4.78 is 0.480. The standard InChI is InChI=1S/C21H19N3O3S3/c1-12-9-13(2)18(19(26)15(12)11-22)23-17(25)6-3-7-24-20(27)16(30-21(24)28)10-14-5-4-8-29-14/h4-5,8-10,26H,3,6-7H2,1-2H3,(H,23,25). The number of hydrogen-bond acceptors (Lipinski definition) is 7. The number of benzene rings is 1. The van der Waals surface area contributed by atoms with Crippen molar-refractivity contribution in [3.05, 3.63) is 50.1 Å². The van der Waals surface area contributed by atoms with E-state index in [1.807, 2.05) is 29.7 Å². The fourth-order valence-corrected chi connectivity index (χ4v) is 5.09. The number of carbonyl (C=O) groups excluding carboxylic acids is 2. The molecule has 1 aromatic carbocycles. The van der Waals surface area contributed by atoms with Crippen LogP contribution >= 0.6 is 35.3 Å². The second-order valence-corrected chi connectivity index (χ2v) is 9.38. The van der Waals surface area contributed by atoms with Gasteiger partial charge in [-0.1, -0.05) is 36.1 Å². The number of thiophene rings is 1. The summed E-state index contributed by atoms with van der Waals surface area (Å²) in [6.07, 6.45) is 2.39. The quantitative estimate of drug-likeness (QED) is 0.375. The molecule has 1 aromatic heterocycles. The first-order valence-electron chi connectivity index (χ1n) is 9.13. The third kappa shape index (κ3) is 4.73. The van der Waals surface area contributed by atoms with Crippen LogP contribution in [-0.4, -0.2) is 32.7 Å². The molecule has 6 nitrogen and oxygen atoms in total.